The fourth-order valence-corrected chi connectivity index (χ4v) is 3.91. The van der Waals surface area contributed by atoms with Gasteiger partial charge in [-0.3, -0.25) is 9.59 Å². The SMILES string of the molecule is Cc1cc(S(=O)(=O)c2ccc(O[C@H](C)C(N)=O)c(C)c2)ccc1O[C@@H](C)C(N)=O. The summed E-state index contributed by atoms with van der Waals surface area (Å²) in [6.07, 6.45) is -1.68. The second kappa shape index (κ2) is 8.52. The standard InChI is InChI=1S/C20H24N2O6S/c1-11-9-15(5-7-17(11)27-13(3)19(21)23)29(25,26)16-6-8-18(12(2)10-16)28-14(4)20(22)24/h5-10,13-14H,1-4H3,(H2,21,23)(H2,22,24)/t13-,14+. The molecule has 2 aromatic rings. The predicted octanol–water partition coefficient (Wildman–Crippen LogP) is 1.64. The fraction of sp³-hybridized carbons (Fsp3) is 0.300. The molecule has 8 nitrogen and oxygen atoms in total. The zero-order chi connectivity index (χ0) is 21.9. The zero-order valence-corrected chi connectivity index (χ0v) is 17.4. The van der Waals surface area contributed by atoms with Gasteiger partial charge in [-0.1, -0.05) is 0 Å². The topological polar surface area (TPSA) is 139 Å². The molecule has 4 N–H and O–H groups in total. The van der Waals surface area contributed by atoms with Crippen molar-refractivity contribution in [2.24, 2.45) is 11.5 Å². The number of nitrogens with two attached hydrogens (primary N) is 2. The van der Waals surface area contributed by atoms with Crippen LogP contribution in [0, 0.1) is 13.8 Å². The number of sulfone groups is 1. The van der Waals surface area contributed by atoms with Crippen molar-refractivity contribution >= 4 is 21.7 Å². The number of rotatable bonds is 8. The molecule has 0 aromatic heterocycles. The Hall–Kier alpha value is -3.07. The molecule has 0 aliphatic heterocycles. The van der Waals surface area contributed by atoms with Crippen molar-refractivity contribution in [3.63, 3.8) is 0 Å². The van der Waals surface area contributed by atoms with E-state index >= 15 is 0 Å². The Morgan fingerprint density at radius 3 is 1.41 bits per heavy atom. The van der Waals surface area contributed by atoms with E-state index in [9.17, 15) is 18.0 Å². The van der Waals surface area contributed by atoms with Crippen LogP contribution >= 0.6 is 0 Å². The molecule has 0 fully saturated rings. The zero-order valence-electron chi connectivity index (χ0n) is 16.6. The summed E-state index contributed by atoms with van der Waals surface area (Å²) in [5.41, 5.74) is 11.5. The van der Waals surface area contributed by atoms with Crippen LogP contribution < -0.4 is 20.9 Å². The lowest BCUT2D eigenvalue weighted by atomic mass is 10.2. The van der Waals surface area contributed by atoms with Gasteiger partial charge in [0, 0.05) is 0 Å². The summed E-state index contributed by atoms with van der Waals surface area (Å²) in [6, 6.07) is 8.71. The van der Waals surface area contributed by atoms with Crippen LogP contribution in [0.4, 0.5) is 0 Å². The maximum Gasteiger partial charge on any atom is 0.258 e. The van der Waals surface area contributed by atoms with E-state index in [1.807, 2.05) is 0 Å². The van der Waals surface area contributed by atoms with E-state index in [-0.39, 0.29) is 9.79 Å². The lowest BCUT2D eigenvalue weighted by Gasteiger charge is -2.16. The molecule has 156 valence electrons. The molecular formula is C20H24N2O6S. The van der Waals surface area contributed by atoms with Crippen LogP contribution in [-0.4, -0.2) is 32.4 Å². The van der Waals surface area contributed by atoms with Crippen molar-refractivity contribution < 1.29 is 27.5 Å². The predicted molar refractivity (Wildman–Crippen MR) is 106 cm³/mol. The molecule has 0 bridgehead atoms. The van der Waals surface area contributed by atoms with Crippen LogP contribution in [0.5, 0.6) is 11.5 Å². The molecule has 0 saturated heterocycles. The molecule has 0 aliphatic rings. The van der Waals surface area contributed by atoms with Gasteiger partial charge >= 0.3 is 0 Å². The summed E-state index contributed by atoms with van der Waals surface area (Å²) in [4.78, 5) is 22.5. The Morgan fingerprint density at radius 1 is 0.793 bits per heavy atom. The summed E-state index contributed by atoms with van der Waals surface area (Å²) < 4.78 is 36.9. The third kappa shape index (κ3) is 5.05. The van der Waals surface area contributed by atoms with Crippen molar-refractivity contribution in [2.75, 3.05) is 0 Å². The van der Waals surface area contributed by atoms with Crippen molar-refractivity contribution in [3.8, 4) is 11.5 Å². The van der Waals surface area contributed by atoms with Gasteiger partial charge in [0.2, 0.25) is 9.84 Å². The number of benzene rings is 2. The molecule has 29 heavy (non-hydrogen) atoms. The molecule has 2 atom stereocenters. The van der Waals surface area contributed by atoms with E-state index in [1.165, 1.54) is 50.2 Å². The van der Waals surface area contributed by atoms with Crippen LogP contribution in [0.3, 0.4) is 0 Å². The highest BCUT2D eigenvalue weighted by atomic mass is 32.2. The summed E-state index contributed by atoms with van der Waals surface area (Å²) in [5.74, 6) is -0.500. The Labute approximate surface area is 169 Å². The first kappa shape index (κ1) is 22.2. The molecule has 0 radical (unpaired) electrons. The molecule has 0 saturated carbocycles. The second-order valence-electron chi connectivity index (χ2n) is 6.68. The molecule has 0 heterocycles. The normalized spacial score (nSPS) is 13.4. The summed E-state index contributed by atoms with van der Waals surface area (Å²) in [7, 11) is -3.80. The number of primary amides is 2. The van der Waals surface area contributed by atoms with Gasteiger partial charge in [0.1, 0.15) is 11.5 Å². The largest absolute Gasteiger partial charge is 0.481 e. The van der Waals surface area contributed by atoms with Gasteiger partial charge in [0.25, 0.3) is 11.8 Å². The lowest BCUT2D eigenvalue weighted by Crippen LogP contribution is -2.30. The van der Waals surface area contributed by atoms with Gasteiger partial charge in [-0.05, 0) is 75.2 Å². The van der Waals surface area contributed by atoms with Gasteiger partial charge in [0.05, 0.1) is 9.79 Å². The van der Waals surface area contributed by atoms with Gasteiger partial charge in [-0.2, -0.15) is 0 Å². The first-order valence-electron chi connectivity index (χ1n) is 8.81. The molecule has 9 heteroatoms. The third-order valence-corrected chi connectivity index (χ3v) is 6.07. The maximum absolute atomic E-state index is 13.0. The number of hydrogen-bond donors (Lipinski definition) is 2. The summed E-state index contributed by atoms with van der Waals surface area (Å²) in [6.45, 7) is 6.38. The Morgan fingerprint density at radius 2 is 1.14 bits per heavy atom. The summed E-state index contributed by atoms with van der Waals surface area (Å²) >= 11 is 0. The van der Waals surface area contributed by atoms with Crippen molar-refractivity contribution in [3.05, 3.63) is 47.5 Å². The highest BCUT2D eigenvalue weighted by molar-refractivity contribution is 7.91. The fourth-order valence-electron chi connectivity index (χ4n) is 2.48. The first-order valence-corrected chi connectivity index (χ1v) is 10.3. The number of carbonyl (C=O) groups excluding carboxylic acids is 2. The summed E-state index contributed by atoms with van der Waals surface area (Å²) in [5, 5.41) is 0. The second-order valence-corrected chi connectivity index (χ2v) is 8.63. The first-order chi connectivity index (χ1) is 13.4. The lowest BCUT2D eigenvalue weighted by molar-refractivity contribution is -0.124. The molecule has 2 aromatic carbocycles. The molecule has 0 spiro atoms. The van der Waals surface area contributed by atoms with E-state index < -0.39 is 33.9 Å². The average Bonchev–Trinajstić information content (AvgIpc) is 2.64. The Kier molecular flexibility index (Phi) is 6.53. The van der Waals surface area contributed by atoms with Crippen LogP contribution in [0.2, 0.25) is 0 Å². The maximum atomic E-state index is 13.0. The number of ether oxygens (including phenoxy) is 2. The highest BCUT2D eigenvalue weighted by Crippen LogP contribution is 2.29. The minimum Gasteiger partial charge on any atom is -0.481 e. The van der Waals surface area contributed by atoms with E-state index in [0.717, 1.165) is 0 Å². The number of hydrogen-bond acceptors (Lipinski definition) is 6. The van der Waals surface area contributed by atoms with Crippen LogP contribution in [0.25, 0.3) is 0 Å². The van der Waals surface area contributed by atoms with Gasteiger partial charge in [0.15, 0.2) is 12.2 Å². The average molecular weight is 420 g/mol. The smallest absolute Gasteiger partial charge is 0.258 e. The molecule has 2 rings (SSSR count). The number of amides is 2. The third-order valence-electron chi connectivity index (χ3n) is 4.32. The molecule has 2 amide bonds. The van der Waals surface area contributed by atoms with Crippen molar-refractivity contribution in [1.29, 1.82) is 0 Å². The monoisotopic (exact) mass is 420 g/mol. The van der Waals surface area contributed by atoms with E-state index in [0.29, 0.717) is 22.6 Å². The van der Waals surface area contributed by atoms with Crippen molar-refractivity contribution in [2.45, 2.75) is 49.7 Å². The minimum atomic E-state index is -3.80. The molecule has 0 unspecified atom stereocenters. The van der Waals surface area contributed by atoms with E-state index in [1.54, 1.807) is 13.8 Å². The van der Waals surface area contributed by atoms with E-state index in [2.05, 4.69) is 0 Å². The van der Waals surface area contributed by atoms with Crippen LogP contribution in [-0.2, 0) is 19.4 Å². The number of carbonyl (C=O) groups is 2. The van der Waals surface area contributed by atoms with Gasteiger partial charge < -0.3 is 20.9 Å². The van der Waals surface area contributed by atoms with Gasteiger partial charge in [-0.25, -0.2) is 8.42 Å². The molecular weight excluding hydrogens is 396 g/mol. The Bertz CT molecular complexity index is 971. The van der Waals surface area contributed by atoms with Gasteiger partial charge in [-0.15, -0.1) is 0 Å². The van der Waals surface area contributed by atoms with E-state index in [4.69, 9.17) is 20.9 Å². The minimum absolute atomic E-state index is 0.0765. The van der Waals surface area contributed by atoms with Crippen molar-refractivity contribution in [1.82, 2.24) is 0 Å². The number of aryl methyl sites for hydroxylation is 2. The van der Waals surface area contributed by atoms with Crippen LogP contribution in [0.1, 0.15) is 25.0 Å². The quantitative estimate of drug-likeness (QED) is 0.666. The highest BCUT2D eigenvalue weighted by Gasteiger charge is 2.21. The Balaban J connectivity index is 2.33. The van der Waals surface area contributed by atoms with Crippen LogP contribution in [0.15, 0.2) is 46.2 Å². The molecule has 0 aliphatic carbocycles.